The molecule has 0 radical (unpaired) electrons. The summed E-state index contributed by atoms with van der Waals surface area (Å²) in [6.07, 6.45) is 2.09. The maximum absolute atomic E-state index is 13.8. The Morgan fingerprint density at radius 2 is 1.71 bits per heavy atom. The molecule has 6 heteroatoms. The molecule has 0 saturated carbocycles. The van der Waals surface area contributed by atoms with Crippen LogP contribution < -0.4 is 0 Å². The van der Waals surface area contributed by atoms with Crippen LogP contribution in [0.1, 0.15) is 25.3 Å². The standard InChI is InChI=1S/C18H25F3N2O/c1-13(23-8-10-24-11-9-23)14-4-6-22(7-5-14)12-15-2-3-16(19)18(21)17(15)20/h2-3,13-14H,4-12H2,1H3. The maximum atomic E-state index is 13.8. The number of benzene rings is 1. The molecule has 2 fully saturated rings. The quantitative estimate of drug-likeness (QED) is 0.783. The first-order chi connectivity index (χ1) is 11.6. The first-order valence-electron chi connectivity index (χ1n) is 8.73. The third-order valence-corrected chi connectivity index (χ3v) is 5.45. The number of piperidine rings is 1. The van der Waals surface area contributed by atoms with Gasteiger partial charge in [0, 0.05) is 31.2 Å². The molecule has 0 N–H and O–H groups in total. The molecule has 0 aliphatic carbocycles. The van der Waals surface area contributed by atoms with E-state index in [1.54, 1.807) is 0 Å². The summed E-state index contributed by atoms with van der Waals surface area (Å²) in [4.78, 5) is 4.61. The van der Waals surface area contributed by atoms with Crippen molar-refractivity contribution < 1.29 is 17.9 Å². The highest BCUT2D eigenvalue weighted by molar-refractivity contribution is 5.20. The van der Waals surface area contributed by atoms with Crippen molar-refractivity contribution in [3.05, 3.63) is 35.1 Å². The Labute approximate surface area is 141 Å². The normalized spacial score (nSPS) is 22.7. The lowest BCUT2D eigenvalue weighted by Crippen LogP contribution is -2.48. The molecule has 0 bridgehead atoms. The van der Waals surface area contributed by atoms with Crippen molar-refractivity contribution in [3.8, 4) is 0 Å². The van der Waals surface area contributed by atoms with Crippen LogP contribution in [0.15, 0.2) is 12.1 Å². The van der Waals surface area contributed by atoms with Gasteiger partial charge in [-0.05, 0) is 44.8 Å². The van der Waals surface area contributed by atoms with Crippen LogP contribution in [0.5, 0.6) is 0 Å². The Balaban J connectivity index is 1.53. The molecule has 2 aliphatic heterocycles. The van der Waals surface area contributed by atoms with E-state index in [4.69, 9.17) is 4.74 Å². The second-order valence-electron chi connectivity index (χ2n) is 6.84. The summed E-state index contributed by atoms with van der Waals surface area (Å²) in [5.41, 5.74) is 0.230. The summed E-state index contributed by atoms with van der Waals surface area (Å²) in [7, 11) is 0. The molecule has 3 nitrogen and oxygen atoms in total. The van der Waals surface area contributed by atoms with Gasteiger partial charge >= 0.3 is 0 Å². The first-order valence-corrected chi connectivity index (χ1v) is 8.73. The van der Waals surface area contributed by atoms with Gasteiger partial charge < -0.3 is 4.74 Å². The number of hydrogen-bond acceptors (Lipinski definition) is 3. The number of rotatable bonds is 4. The summed E-state index contributed by atoms with van der Waals surface area (Å²) < 4.78 is 45.6. The second-order valence-corrected chi connectivity index (χ2v) is 6.84. The molecule has 24 heavy (non-hydrogen) atoms. The summed E-state index contributed by atoms with van der Waals surface area (Å²) in [6, 6.07) is 2.87. The van der Waals surface area contributed by atoms with E-state index < -0.39 is 17.5 Å². The molecule has 1 aromatic rings. The largest absolute Gasteiger partial charge is 0.379 e. The number of ether oxygens (including phenoxy) is 1. The molecule has 1 aromatic carbocycles. The van der Waals surface area contributed by atoms with Crippen LogP contribution in [-0.2, 0) is 11.3 Å². The van der Waals surface area contributed by atoms with Crippen LogP contribution in [0.3, 0.4) is 0 Å². The zero-order valence-corrected chi connectivity index (χ0v) is 14.1. The molecule has 2 aliphatic rings. The highest BCUT2D eigenvalue weighted by Crippen LogP contribution is 2.26. The molecule has 0 amide bonds. The molecular weight excluding hydrogens is 317 g/mol. The molecule has 0 aromatic heterocycles. The van der Waals surface area contributed by atoms with Crippen molar-refractivity contribution in [2.24, 2.45) is 5.92 Å². The van der Waals surface area contributed by atoms with Crippen molar-refractivity contribution >= 4 is 0 Å². The zero-order chi connectivity index (χ0) is 17.1. The van der Waals surface area contributed by atoms with Gasteiger partial charge in [-0.1, -0.05) is 6.07 Å². The number of hydrogen-bond donors (Lipinski definition) is 0. The number of nitrogens with zero attached hydrogens (tertiary/aromatic N) is 2. The number of morpholine rings is 1. The summed E-state index contributed by atoms with van der Waals surface area (Å²) in [6.45, 7) is 7.91. The molecule has 134 valence electrons. The fourth-order valence-electron chi connectivity index (χ4n) is 3.81. The van der Waals surface area contributed by atoms with Crippen LogP contribution in [0.2, 0.25) is 0 Å². The Bertz CT molecular complexity index is 555. The Kier molecular flexibility index (Phi) is 5.79. The average molecular weight is 342 g/mol. The van der Waals surface area contributed by atoms with Crippen molar-refractivity contribution in [1.82, 2.24) is 9.80 Å². The maximum Gasteiger partial charge on any atom is 0.194 e. The fraction of sp³-hybridized carbons (Fsp3) is 0.667. The van der Waals surface area contributed by atoms with Gasteiger partial charge in [-0.3, -0.25) is 9.80 Å². The minimum Gasteiger partial charge on any atom is -0.379 e. The van der Waals surface area contributed by atoms with Crippen LogP contribution in [0, 0.1) is 23.4 Å². The van der Waals surface area contributed by atoms with Crippen molar-refractivity contribution in [1.29, 1.82) is 0 Å². The fourth-order valence-corrected chi connectivity index (χ4v) is 3.81. The van der Waals surface area contributed by atoms with Gasteiger partial charge in [-0.15, -0.1) is 0 Å². The van der Waals surface area contributed by atoms with Crippen LogP contribution in [0.4, 0.5) is 13.2 Å². The van der Waals surface area contributed by atoms with Gasteiger partial charge in [0.25, 0.3) is 0 Å². The van der Waals surface area contributed by atoms with E-state index in [1.165, 1.54) is 6.07 Å². The molecule has 0 spiro atoms. The smallest absolute Gasteiger partial charge is 0.194 e. The van der Waals surface area contributed by atoms with Gasteiger partial charge in [0.2, 0.25) is 0 Å². The minimum absolute atomic E-state index is 0.230. The lowest BCUT2D eigenvalue weighted by atomic mass is 9.89. The Morgan fingerprint density at radius 1 is 1.04 bits per heavy atom. The third kappa shape index (κ3) is 3.92. The van der Waals surface area contributed by atoms with Gasteiger partial charge in [-0.25, -0.2) is 13.2 Å². The predicted octanol–water partition coefficient (Wildman–Crippen LogP) is 3.04. The lowest BCUT2D eigenvalue weighted by Gasteiger charge is -2.41. The Hall–Kier alpha value is -1.11. The summed E-state index contributed by atoms with van der Waals surface area (Å²) in [5, 5.41) is 0. The van der Waals surface area contributed by atoms with E-state index in [2.05, 4.69) is 16.7 Å². The van der Waals surface area contributed by atoms with E-state index in [0.717, 1.165) is 58.3 Å². The minimum atomic E-state index is -1.37. The molecule has 2 saturated heterocycles. The van der Waals surface area contributed by atoms with Gasteiger partial charge in [0.05, 0.1) is 13.2 Å². The second kappa shape index (κ2) is 7.85. The lowest BCUT2D eigenvalue weighted by molar-refractivity contribution is -0.00197. The average Bonchev–Trinajstić information content (AvgIpc) is 2.63. The van der Waals surface area contributed by atoms with Gasteiger partial charge in [0.1, 0.15) is 0 Å². The van der Waals surface area contributed by atoms with Crippen molar-refractivity contribution in [2.45, 2.75) is 32.4 Å². The molecular formula is C18H25F3N2O. The van der Waals surface area contributed by atoms with Crippen LogP contribution in [-0.4, -0.2) is 55.2 Å². The predicted molar refractivity (Wildman–Crippen MR) is 86.2 cm³/mol. The van der Waals surface area contributed by atoms with E-state index in [1.807, 2.05) is 0 Å². The first kappa shape index (κ1) is 17.7. The molecule has 2 heterocycles. The topological polar surface area (TPSA) is 15.7 Å². The highest BCUT2D eigenvalue weighted by atomic mass is 19.2. The SMILES string of the molecule is CC(C1CCN(Cc2ccc(F)c(F)c2F)CC1)N1CCOCC1. The number of halogens is 3. The van der Waals surface area contributed by atoms with E-state index in [-0.39, 0.29) is 5.56 Å². The van der Waals surface area contributed by atoms with Crippen molar-refractivity contribution in [2.75, 3.05) is 39.4 Å². The molecule has 1 atom stereocenters. The number of likely N-dealkylation sites (tertiary alicyclic amines) is 1. The van der Waals surface area contributed by atoms with Crippen LogP contribution in [0.25, 0.3) is 0 Å². The molecule has 3 rings (SSSR count). The third-order valence-electron chi connectivity index (χ3n) is 5.45. The van der Waals surface area contributed by atoms with Gasteiger partial charge in [0.15, 0.2) is 17.5 Å². The van der Waals surface area contributed by atoms with Crippen LogP contribution >= 0.6 is 0 Å². The van der Waals surface area contributed by atoms with E-state index in [0.29, 0.717) is 18.5 Å². The van der Waals surface area contributed by atoms with E-state index >= 15 is 0 Å². The zero-order valence-electron chi connectivity index (χ0n) is 14.1. The van der Waals surface area contributed by atoms with Crippen molar-refractivity contribution in [3.63, 3.8) is 0 Å². The summed E-state index contributed by atoms with van der Waals surface area (Å²) in [5.74, 6) is -2.94. The summed E-state index contributed by atoms with van der Waals surface area (Å²) >= 11 is 0. The monoisotopic (exact) mass is 342 g/mol. The Morgan fingerprint density at radius 3 is 2.38 bits per heavy atom. The highest BCUT2D eigenvalue weighted by Gasteiger charge is 2.29. The van der Waals surface area contributed by atoms with E-state index in [9.17, 15) is 13.2 Å². The molecule has 1 unspecified atom stereocenters. The van der Waals surface area contributed by atoms with Gasteiger partial charge in [-0.2, -0.15) is 0 Å².